The lowest BCUT2D eigenvalue weighted by Gasteiger charge is -2.19. The van der Waals surface area contributed by atoms with Crippen molar-refractivity contribution < 1.29 is 12.6 Å². The van der Waals surface area contributed by atoms with Gasteiger partial charge in [-0.3, -0.25) is 4.18 Å². The molecule has 0 radical (unpaired) electrons. The average molecular weight is 264 g/mol. The molecule has 0 heterocycles. The number of hydrogen-bond acceptors (Lipinski definition) is 3. The van der Waals surface area contributed by atoms with Crippen LogP contribution in [-0.2, 0) is 14.3 Å². The molecule has 0 spiro atoms. The number of allylic oxidation sites excluding steroid dienone is 1. The van der Waals surface area contributed by atoms with Gasteiger partial charge in [0.25, 0.3) is 10.1 Å². The van der Waals surface area contributed by atoms with Crippen LogP contribution in [0, 0.1) is 18.8 Å². The largest absolute Gasteiger partial charge is 0.297 e. The van der Waals surface area contributed by atoms with E-state index in [1.807, 2.05) is 6.07 Å². The second-order valence-corrected chi connectivity index (χ2v) is 6.68. The van der Waals surface area contributed by atoms with Crippen molar-refractivity contribution in [3.05, 3.63) is 42.0 Å². The highest BCUT2D eigenvalue weighted by molar-refractivity contribution is 7.86. The van der Waals surface area contributed by atoms with Crippen molar-refractivity contribution in [1.29, 1.82) is 0 Å². The quantitative estimate of drug-likeness (QED) is 0.622. The molecule has 1 saturated carbocycles. The summed E-state index contributed by atoms with van der Waals surface area (Å²) in [6, 6.07) is 6.95. The molecule has 1 fully saturated rings. The molecule has 3 nitrogen and oxygen atoms in total. The monoisotopic (exact) mass is 264 g/mol. The molecule has 1 aromatic carbocycles. The first kappa shape index (κ1) is 11.9. The molecular formula is C14H16O3S. The second kappa shape index (κ2) is 4.21. The molecule has 3 atom stereocenters. The van der Waals surface area contributed by atoms with Crippen LogP contribution in [0.25, 0.3) is 0 Å². The highest BCUT2D eigenvalue weighted by Gasteiger charge is 2.39. The molecule has 0 aliphatic heterocycles. The first-order valence-electron chi connectivity index (χ1n) is 6.23. The Labute approximate surface area is 108 Å². The smallest absolute Gasteiger partial charge is 0.262 e. The molecule has 0 saturated heterocycles. The van der Waals surface area contributed by atoms with Crippen LogP contribution >= 0.6 is 0 Å². The summed E-state index contributed by atoms with van der Waals surface area (Å²) in [5.41, 5.74) is 0.733. The highest BCUT2D eigenvalue weighted by Crippen LogP contribution is 2.41. The van der Waals surface area contributed by atoms with Gasteiger partial charge in [0.05, 0.1) is 11.0 Å². The lowest BCUT2D eigenvalue weighted by Crippen LogP contribution is -2.23. The number of benzene rings is 1. The minimum absolute atomic E-state index is 0.176. The van der Waals surface area contributed by atoms with Crippen LogP contribution in [0.5, 0.6) is 0 Å². The predicted octanol–water partition coefficient (Wildman–Crippen LogP) is 2.66. The van der Waals surface area contributed by atoms with E-state index in [0.717, 1.165) is 18.4 Å². The number of hydrogen-bond donors (Lipinski definition) is 0. The van der Waals surface area contributed by atoms with Gasteiger partial charge in [-0.25, -0.2) is 0 Å². The van der Waals surface area contributed by atoms with Crippen molar-refractivity contribution in [3.63, 3.8) is 0 Å². The standard InChI is InChI=1S/C14H16O3S/c1-10-4-2-3-5-14(10)18(15,16)17-13-9-11-6-7-12(13)8-11/h2-7,11-13H,8-9H2,1H3. The summed E-state index contributed by atoms with van der Waals surface area (Å²) < 4.78 is 29.9. The lowest BCUT2D eigenvalue weighted by atomic mass is 10.1. The fourth-order valence-corrected chi connectivity index (χ4v) is 4.25. The van der Waals surface area contributed by atoms with Crippen molar-refractivity contribution in [2.24, 2.45) is 11.8 Å². The highest BCUT2D eigenvalue weighted by atomic mass is 32.2. The Hall–Kier alpha value is -1.13. The van der Waals surface area contributed by atoms with Gasteiger partial charge < -0.3 is 0 Å². The van der Waals surface area contributed by atoms with Gasteiger partial charge in [-0.2, -0.15) is 8.42 Å². The van der Waals surface area contributed by atoms with Crippen LogP contribution in [0.15, 0.2) is 41.3 Å². The summed E-state index contributed by atoms with van der Waals surface area (Å²) in [4.78, 5) is 0.289. The van der Waals surface area contributed by atoms with Gasteiger partial charge in [0.15, 0.2) is 0 Å². The third-order valence-electron chi connectivity index (χ3n) is 3.83. The van der Waals surface area contributed by atoms with Crippen LogP contribution in [0.3, 0.4) is 0 Å². The Morgan fingerprint density at radius 2 is 1.94 bits per heavy atom. The van der Waals surface area contributed by atoms with E-state index in [1.165, 1.54) is 0 Å². The molecule has 0 N–H and O–H groups in total. The van der Waals surface area contributed by atoms with Crippen molar-refractivity contribution in [1.82, 2.24) is 0 Å². The second-order valence-electron chi connectivity index (χ2n) is 5.13. The van der Waals surface area contributed by atoms with Crippen LogP contribution in [0.2, 0.25) is 0 Å². The van der Waals surface area contributed by atoms with E-state index in [4.69, 9.17) is 4.18 Å². The van der Waals surface area contributed by atoms with Crippen LogP contribution < -0.4 is 0 Å². The van der Waals surface area contributed by atoms with E-state index in [2.05, 4.69) is 12.2 Å². The summed E-state index contributed by atoms with van der Waals surface area (Å²) in [7, 11) is -3.63. The average Bonchev–Trinajstić information content (AvgIpc) is 2.90. The van der Waals surface area contributed by atoms with Gasteiger partial charge in [0.2, 0.25) is 0 Å². The fourth-order valence-electron chi connectivity index (χ4n) is 2.89. The maximum Gasteiger partial charge on any atom is 0.297 e. The van der Waals surface area contributed by atoms with Crippen LogP contribution in [0.4, 0.5) is 0 Å². The van der Waals surface area contributed by atoms with Crippen molar-refractivity contribution >= 4 is 10.1 Å². The van der Waals surface area contributed by atoms with Gasteiger partial charge >= 0.3 is 0 Å². The van der Waals surface area contributed by atoms with Gasteiger partial charge in [-0.05, 0) is 37.3 Å². The molecule has 3 unspecified atom stereocenters. The van der Waals surface area contributed by atoms with E-state index in [9.17, 15) is 8.42 Å². The Morgan fingerprint density at radius 3 is 2.56 bits per heavy atom. The van der Waals surface area contributed by atoms with E-state index in [-0.39, 0.29) is 16.9 Å². The molecular weight excluding hydrogens is 248 g/mol. The zero-order chi connectivity index (χ0) is 12.8. The van der Waals surface area contributed by atoms with E-state index in [0.29, 0.717) is 5.92 Å². The van der Waals surface area contributed by atoms with Gasteiger partial charge in [-0.15, -0.1) is 0 Å². The molecule has 1 aromatic rings. The summed E-state index contributed by atoms with van der Waals surface area (Å²) in [5.74, 6) is 0.779. The lowest BCUT2D eigenvalue weighted by molar-refractivity contribution is 0.182. The number of aryl methyl sites for hydroxylation is 1. The Bertz CT molecular complexity index is 589. The van der Waals surface area contributed by atoms with Crippen LogP contribution in [-0.4, -0.2) is 14.5 Å². The molecule has 96 valence electrons. The fraction of sp³-hybridized carbons (Fsp3) is 0.429. The molecule has 18 heavy (non-hydrogen) atoms. The molecule has 2 aliphatic carbocycles. The molecule has 2 bridgehead atoms. The molecule has 2 aliphatic rings. The Balaban J connectivity index is 1.84. The predicted molar refractivity (Wildman–Crippen MR) is 68.6 cm³/mol. The Morgan fingerprint density at radius 1 is 1.17 bits per heavy atom. The molecule has 3 rings (SSSR count). The zero-order valence-corrected chi connectivity index (χ0v) is 11.1. The summed E-state index contributed by atoms with van der Waals surface area (Å²) >= 11 is 0. The van der Waals surface area contributed by atoms with Crippen molar-refractivity contribution in [2.75, 3.05) is 0 Å². The summed E-state index contributed by atoms with van der Waals surface area (Å²) in [6.07, 6.45) is 5.95. The maximum atomic E-state index is 12.2. The van der Waals surface area contributed by atoms with Gasteiger partial charge in [-0.1, -0.05) is 30.4 Å². The SMILES string of the molecule is Cc1ccccc1S(=O)(=O)OC1CC2C=CC1C2. The Kier molecular flexibility index (Phi) is 2.79. The molecule has 0 amide bonds. The van der Waals surface area contributed by atoms with E-state index >= 15 is 0 Å². The molecule has 0 aromatic heterocycles. The topological polar surface area (TPSA) is 43.4 Å². The first-order valence-corrected chi connectivity index (χ1v) is 7.64. The third kappa shape index (κ3) is 1.99. The van der Waals surface area contributed by atoms with E-state index < -0.39 is 10.1 Å². The van der Waals surface area contributed by atoms with Crippen LogP contribution in [0.1, 0.15) is 18.4 Å². The van der Waals surface area contributed by atoms with Gasteiger partial charge in [0.1, 0.15) is 0 Å². The third-order valence-corrected chi connectivity index (χ3v) is 5.33. The zero-order valence-electron chi connectivity index (χ0n) is 10.2. The van der Waals surface area contributed by atoms with Crippen molar-refractivity contribution in [2.45, 2.75) is 30.8 Å². The van der Waals surface area contributed by atoms with Gasteiger partial charge in [0, 0.05) is 5.92 Å². The molecule has 4 heteroatoms. The first-order chi connectivity index (χ1) is 8.56. The minimum atomic E-state index is -3.63. The summed E-state index contributed by atoms with van der Waals surface area (Å²) in [6.45, 7) is 1.79. The maximum absolute atomic E-state index is 12.2. The minimum Gasteiger partial charge on any atom is -0.262 e. The normalized spacial score (nSPS) is 29.9. The number of rotatable bonds is 3. The van der Waals surface area contributed by atoms with E-state index in [1.54, 1.807) is 25.1 Å². The van der Waals surface area contributed by atoms with Crippen molar-refractivity contribution in [3.8, 4) is 0 Å². The summed E-state index contributed by atoms with van der Waals surface area (Å²) in [5, 5.41) is 0. The number of fused-ring (bicyclic) bond motifs is 2.